The Morgan fingerprint density at radius 3 is 2.34 bits per heavy atom. The zero-order valence-electron chi connectivity index (χ0n) is 18.4. The number of rotatable bonds is 9. The molecule has 0 aliphatic rings. The van der Waals surface area contributed by atoms with Crippen molar-refractivity contribution in [2.75, 3.05) is 5.32 Å². The molecule has 1 aromatic heterocycles. The number of H-pyrrole nitrogens is 1. The fourth-order valence-corrected chi connectivity index (χ4v) is 4.81. The normalized spacial score (nSPS) is 12.1. The predicted molar refractivity (Wildman–Crippen MR) is 130 cm³/mol. The van der Waals surface area contributed by atoms with Crippen LogP contribution in [0.15, 0.2) is 96.2 Å². The number of aliphatic carboxylic acids is 1. The predicted octanol–water partition coefficient (Wildman–Crippen LogP) is 3.82. The number of sulfonamides is 1. The van der Waals surface area contributed by atoms with Gasteiger partial charge in [-0.25, -0.2) is 18.1 Å². The fourth-order valence-electron chi connectivity index (χ4n) is 3.54. The largest absolute Gasteiger partial charge is 0.481 e. The van der Waals surface area contributed by atoms with E-state index in [1.54, 1.807) is 72.9 Å². The Bertz CT molecular complexity index is 1440. The summed E-state index contributed by atoms with van der Waals surface area (Å²) in [7, 11) is -4.04. The van der Waals surface area contributed by atoms with E-state index in [0.29, 0.717) is 22.4 Å². The molecule has 4 aromatic rings. The topological polar surface area (TPSA) is 141 Å². The number of imidazole rings is 1. The van der Waals surface area contributed by atoms with Crippen LogP contribution >= 0.6 is 0 Å². The average molecular weight is 491 g/mol. The minimum absolute atomic E-state index is 0.00801. The molecule has 0 spiro atoms. The van der Waals surface area contributed by atoms with Gasteiger partial charge in [0.2, 0.25) is 10.0 Å². The van der Waals surface area contributed by atoms with E-state index in [-0.39, 0.29) is 10.7 Å². The van der Waals surface area contributed by atoms with Gasteiger partial charge in [0.05, 0.1) is 17.4 Å². The molecule has 0 saturated heterocycles. The van der Waals surface area contributed by atoms with Crippen LogP contribution in [0.4, 0.5) is 5.69 Å². The Hall–Kier alpha value is -4.28. The van der Waals surface area contributed by atoms with E-state index in [1.165, 1.54) is 18.3 Å². The summed E-state index contributed by atoms with van der Waals surface area (Å²) in [6, 6.07) is 20.9. The monoisotopic (exact) mass is 490 g/mol. The molecule has 0 aliphatic heterocycles. The molecule has 1 heterocycles. The molecular weight excluding hydrogens is 468 g/mol. The number of aromatic nitrogens is 2. The summed E-state index contributed by atoms with van der Waals surface area (Å²) in [5.74, 6) is -1.36. The lowest BCUT2D eigenvalue weighted by molar-refractivity contribution is -0.137. The highest BCUT2D eigenvalue weighted by Gasteiger charge is 2.24. The zero-order valence-corrected chi connectivity index (χ0v) is 19.2. The van der Waals surface area contributed by atoms with Crippen LogP contribution in [0.25, 0.3) is 11.1 Å². The number of nitrogens with zero attached hydrogens (tertiary/aromatic N) is 1. The van der Waals surface area contributed by atoms with E-state index in [2.05, 4.69) is 20.0 Å². The second-order valence-corrected chi connectivity index (χ2v) is 9.40. The Morgan fingerprint density at radius 2 is 1.66 bits per heavy atom. The molecular formula is C25H22N4O5S. The van der Waals surface area contributed by atoms with E-state index in [0.717, 1.165) is 0 Å². The molecule has 0 saturated carbocycles. The van der Waals surface area contributed by atoms with Gasteiger partial charge in [-0.05, 0) is 41.0 Å². The lowest BCUT2D eigenvalue weighted by Gasteiger charge is -2.18. The highest BCUT2D eigenvalue weighted by atomic mass is 32.2. The van der Waals surface area contributed by atoms with E-state index in [9.17, 15) is 23.1 Å². The second kappa shape index (κ2) is 10.3. The van der Waals surface area contributed by atoms with Crippen molar-refractivity contribution in [3.63, 3.8) is 0 Å². The molecule has 4 N–H and O–H groups in total. The van der Waals surface area contributed by atoms with Crippen LogP contribution in [0.3, 0.4) is 0 Å². The number of anilines is 1. The Balaban J connectivity index is 1.58. The molecule has 0 bridgehead atoms. The van der Waals surface area contributed by atoms with Crippen LogP contribution in [0.5, 0.6) is 0 Å². The van der Waals surface area contributed by atoms with Gasteiger partial charge in [0.25, 0.3) is 5.91 Å². The van der Waals surface area contributed by atoms with Crippen molar-refractivity contribution in [3.8, 4) is 11.1 Å². The number of carbonyl (C=O) groups is 2. The molecule has 0 unspecified atom stereocenters. The van der Waals surface area contributed by atoms with Gasteiger partial charge in [-0.2, -0.15) is 0 Å². The van der Waals surface area contributed by atoms with Crippen molar-refractivity contribution in [3.05, 3.63) is 103 Å². The van der Waals surface area contributed by atoms with Gasteiger partial charge in [0.15, 0.2) is 5.82 Å². The van der Waals surface area contributed by atoms with Gasteiger partial charge >= 0.3 is 5.97 Å². The zero-order chi connectivity index (χ0) is 24.8. The van der Waals surface area contributed by atoms with Crippen molar-refractivity contribution >= 4 is 27.6 Å². The number of hydrogen-bond donors (Lipinski definition) is 4. The number of amides is 1. The van der Waals surface area contributed by atoms with Crippen molar-refractivity contribution in [2.45, 2.75) is 17.4 Å². The Morgan fingerprint density at radius 1 is 0.943 bits per heavy atom. The molecule has 35 heavy (non-hydrogen) atoms. The number of hydrogen-bond acceptors (Lipinski definition) is 5. The van der Waals surface area contributed by atoms with Gasteiger partial charge < -0.3 is 15.4 Å². The number of benzene rings is 3. The van der Waals surface area contributed by atoms with Crippen LogP contribution in [0.1, 0.15) is 28.6 Å². The van der Waals surface area contributed by atoms with Gasteiger partial charge in [-0.1, -0.05) is 54.6 Å². The second-order valence-electron chi connectivity index (χ2n) is 7.68. The third kappa shape index (κ3) is 5.99. The number of carboxylic acids is 1. The molecule has 1 atom stereocenters. The summed E-state index contributed by atoms with van der Waals surface area (Å²) in [5, 5.41) is 12.0. The van der Waals surface area contributed by atoms with Crippen LogP contribution in [-0.2, 0) is 14.8 Å². The van der Waals surface area contributed by atoms with Crippen molar-refractivity contribution < 1.29 is 23.1 Å². The highest BCUT2D eigenvalue weighted by Crippen LogP contribution is 2.27. The maximum Gasteiger partial charge on any atom is 0.305 e. The van der Waals surface area contributed by atoms with Gasteiger partial charge in [-0.3, -0.25) is 9.59 Å². The first-order valence-corrected chi connectivity index (χ1v) is 12.1. The molecule has 3 aromatic carbocycles. The number of aromatic amines is 1. The van der Waals surface area contributed by atoms with E-state index < -0.39 is 34.4 Å². The summed E-state index contributed by atoms with van der Waals surface area (Å²) in [6.07, 6.45) is 2.62. The van der Waals surface area contributed by atoms with Gasteiger partial charge in [0, 0.05) is 18.1 Å². The van der Waals surface area contributed by atoms with Crippen LogP contribution in [0, 0.1) is 0 Å². The Labute approximate surface area is 201 Å². The third-order valence-electron chi connectivity index (χ3n) is 5.19. The van der Waals surface area contributed by atoms with E-state index >= 15 is 0 Å². The van der Waals surface area contributed by atoms with E-state index in [1.807, 2.05) is 0 Å². The molecule has 1 amide bonds. The number of nitrogens with one attached hydrogen (secondary N) is 3. The molecule has 4 rings (SSSR count). The first-order valence-electron chi connectivity index (χ1n) is 10.6. The first-order chi connectivity index (χ1) is 16.8. The lowest BCUT2D eigenvalue weighted by atomic mass is 10.1. The summed E-state index contributed by atoms with van der Waals surface area (Å²) >= 11 is 0. The molecule has 10 heteroatoms. The minimum atomic E-state index is -4.04. The Kier molecular flexibility index (Phi) is 7.04. The standard InChI is InChI=1S/C25H22N4O5S/c30-23(31)16-22(17-6-2-1-3-7-17)29-35(33,34)21-11-5-9-19(15-21)18-8-4-10-20(14-18)28-25(32)24-26-12-13-27-24/h1-15,22,29H,16H2,(H,26,27)(H,28,32)(H,30,31)/t22-/m0/s1. The van der Waals surface area contributed by atoms with Crippen molar-refractivity contribution in [2.24, 2.45) is 0 Å². The smallest absolute Gasteiger partial charge is 0.305 e. The maximum atomic E-state index is 13.2. The van der Waals surface area contributed by atoms with Crippen molar-refractivity contribution in [1.82, 2.24) is 14.7 Å². The first kappa shape index (κ1) is 23.9. The van der Waals surface area contributed by atoms with Gasteiger partial charge in [-0.15, -0.1) is 0 Å². The summed E-state index contributed by atoms with van der Waals surface area (Å²) < 4.78 is 28.8. The summed E-state index contributed by atoms with van der Waals surface area (Å²) in [4.78, 5) is 30.3. The third-order valence-corrected chi connectivity index (χ3v) is 6.66. The lowest BCUT2D eigenvalue weighted by Crippen LogP contribution is -2.30. The number of carbonyl (C=O) groups excluding carboxylic acids is 1. The molecule has 0 radical (unpaired) electrons. The quantitative estimate of drug-likeness (QED) is 0.281. The minimum Gasteiger partial charge on any atom is -0.481 e. The summed E-state index contributed by atoms with van der Waals surface area (Å²) in [5.41, 5.74) is 2.36. The molecule has 178 valence electrons. The van der Waals surface area contributed by atoms with Crippen LogP contribution in [-0.4, -0.2) is 35.4 Å². The van der Waals surface area contributed by atoms with Crippen LogP contribution < -0.4 is 10.0 Å². The molecule has 9 nitrogen and oxygen atoms in total. The highest BCUT2D eigenvalue weighted by molar-refractivity contribution is 7.89. The average Bonchev–Trinajstić information content (AvgIpc) is 3.39. The SMILES string of the molecule is O=C(O)C[C@H](NS(=O)(=O)c1cccc(-c2cccc(NC(=O)c3ncc[nH]3)c2)c1)c1ccccc1. The molecule has 0 aliphatic carbocycles. The summed E-state index contributed by atoms with van der Waals surface area (Å²) in [6.45, 7) is 0. The van der Waals surface area contributed by atoms with Crippen molar-refractivity contribution in [1.29, 1.82) is 0 Å². The fraction of sp³-hybridized carbons (Fsp3) is 0.0800. The van der Waals surface area contributed by atoms with Crippen LogP contribution in [0.2, 0.25) is 0 Å². The molecule has 0 fully saturated rings. The number of carboxylic acid groups (broad SMARTS) is 1. The van der Waals surface area contributed by atoms with Gasteiger partial charge in [0.1, 0.15) is 0 Å². The maximum absolute atomic E-state index is 13.2. The van der Waals surface area contributed by atoms with E-state index in [4.69, 9.17) is 0 Å².